The molecule has 2 aromatic carbocycles. The van der Waals surface area contributed by atoms with Crippen LogP contribution in [0.25, 0.3) is 0 Å². The van der Waals surface area contributed by atoms with Crippen molar-refractivity contribution in [2.45, 2.75) is 39.8 Å². The van der Waals surface area contributed by atoms with Crippen LogP contribution in [0, 0.1) is 6.92 Å². The van der Waals surface area contributed by atoms with Gasteiger partial charge in [-0.05, 0) is 49.1 Å². The maximum absolute atomic E-state index is 12.6. The van der Waals surface area contributed by atoms with E-state index in [2.05, 4.69) is 43.4 Å². The maximum atomic E-state index is 12.6. The van der Waals surface area contributed by atoms with Crippen LogP contribution in [0.3, 0.4) is 0 Å². The number of amides is 1. The maximum Gasteiger partial charge on any atom is 0.244 e. The fourth-order valence-electron chi connectivity index (χ4n) is 2.64. The molecule has 122 valence electrons. The molecule has 1 atom stereocenters. The topological polar surface area (TPSA) is 32.3 Å². The van der Waals surface area contributed by atoms with Gasteiger partial charge in [0.1, 0.15) is 6.04 Å². The lowest BCUT2D eigenvalue weighted by Crippen LogP contribution is -2.38. The fourth-order valence-corrected chi connectivity index (χ4v) is 2.64. The number of anilines is 1. The molecule has 0 bridgehead atoms. The van der Waals surface area contributed by atoms with E-state index in [0.717, 1.165) is 12.1 Å². The minimum absolute atomic E-state index is 0.0927. The van der Waals surface area contributed by atoms with Crippen LogP contribution in [0.4, 0.5) is 5.69 Å². The minimum Gasteiger partial charge on any atom is -0.374 e. The second-order valence-corrected chi connectivity index (χ2v) is 6.04. The molecule has 0 aromatic heterocycles. The number of nitrogens with one attached hydrogen (secondary N) is 1. The lowest BCUT2D eigenvalue weighted by atomic mass is 10.1. The van der Waals surface area contributed by atoms with Gasteiger partial charge in [0, 0.05) is 19.3 Å². The van der Waals surface area contributed by atoms with E-state index < -0.39 is 0 Å². The third-order valence-electron chi connectivity index (χ3n) is 4.13. The SMILES string of the molecule is CCc1cccc(NC(C)C(=O)N(C)Cc2ccccc2C)c1. The number of nitrogens with zero attached hydrogens (tertiary/aromatic N) is 1. The van der Waals surface area contributed by atoms with Crippen LogP contribution in [0.2, 0.25) is 0 Å². The second-order valence-electron chi connectivity index (χ2n) is 6.04. The van der Waals surface area contributed by atoms with Gasteiger partial charge in [0.25, 0.3) is 0 Å². The highest BCUT2D eigenvalue weighted by atomic mass is 16.2. The lowest BCUT2D eigenvalue weighted by molar-refractivity contribution is -0.130. The average Bonchev–Trinajstić information content (AvgIpc) is 2.56. The largest absolute Gasteiger partial charge is 0.374 e. The van der Waals surface area contributed by atoms with Crippen molar-refractivity contribution in [3.63, 3.8) is 0 Å². The standard InChI is InChI=1S/C20H26N2O/c1-5-17-10-8-12-19(13-17)21-16(3)20(23)22(4)14-18-11-7-6-9-15(18)2/h6-13,16,21H,5,14H2,1-4H3. The number of aryl methyl sites for hydroxylation is 2. The summed E-state index contributed by atoms with van der Waals surface area (Å²) in [5.74, 6) is 0.0927. The third kappa shape index (κ3) is 4.59. The summed E-state index contributed by atoms with van der Waals surface area (Å²) in [6.45, 7) is 6.75. The molecule has 1 N–H and O–H groups in total. The molecule has 3 heteroatoms. The van der Waals surface area contributed by atoms with Gasteiger partial charge in [-0.1, -0.05) is 43.3 Å². The van der Waals surface area contributed by atoms with E-state index >= 15 is 0 Å². The zero-order valence-corrected chi connectivity index (χ0v) is 14.5. The van der Waals surface area contributed by atoms with E-state index in [0.29, 0.717) is 6.54 Å². The molecule has 2 aromatic rings. The predicted octanol–water partition coefficient (Wildman–Crippen LogP) is 4.02. The second kappa shape index (κ2) is 7.82. The van der Waals surface area contributed by atoms with Crippen LogP contribution < -0.4 is 5.32 Å². The van der Waals surface area contributed by atoms with Gasteiger partial charge in [-0.2, -0.15) is 0 Å². The Morgan fingerprint density at radius 2 is 1.91 bits per heavy atom. The van der Waals surface area contributed by atoms with Gasteiger partial charge in [-0.25, -0.2) is 0 Å². The number of benzene rings is 2. The smallest absolute Gasteiger partial charge is 0.244 e. The van der Waals surface area contributed by atoms with Crippen molar-refractivity contribution in [3.05, 3.63) is 65.2 Å². The number of carbonyl (C=O) groups excluding carboxylic acids is 1. The Bertz CT molecular complexity index is 666. The molecule has 0 heterocycles. The summed E-state index contributed by atoms with van der Waals surface area (Å²) in [4.78, 5) is 14.4. The number of likely N-dealkylation sites (N-methyl/N-ethyl adjacent to an activating group) is 1. The molecule has 0 aliphatic heterocycles. The number of hydrogen-bond acceptors (Lipinski definition) is 2. The molecular formula is C20H26N2O. The molecule has 1 amide bonds. The minimum atomic E-state index is -0.254. The summed E-state index contributed by atoms with van der Waals surface area (Å²) in [5, 5.41) is 3.31. The average molecular weight is 310 g/mol. The molecule has 23 heavy (non-hydrogen) atoms. The van der Waals surface area contributed by atoms with Crippen LogP contribution in [-0.4, -0.2) is 23.9 Å². The Morgan fingerprint density at radius 3 is 2.61 bits per heavy atom. The lowest BCUT2D eigenvalue weighted by Gasteiger charge is -2.23. The van der Waals surface area contributed by atoms with Crippen molar-refractivity contribution in [3.8, 4) is 0 Å². The Hall–Kier alpha value is -2.29. The first-order valence-corrected chi connectivity index (χ1v) is 8.16. The van der Waals surface area contributed by atoms with Crippen LogP contribution in [0.1, 0.15) is 30.5 Å². The van der Waals surface area contributed by atoms with Crippen molar-refractivity contribution in [1.82, 2.24) is 4.90 Å². The van der Waals surface area contributed by atoms with Crippen LogP contribution in [-0.2, 0) is 17.8 Å². The van der Waals surface area contributed by atoms with Crippen molar-refractivity contribution in [1.29, 1.82) is 0 Å². The molecule has 1 unspecified atom stereocenters. The van der Waals surface area contributed by atoms with Crippen molar-refractivity contribution < 1.29 is 4.79 Å². The summed E-state index contributed by atoms with van der Waals surface area (Å²) in [7, 11) is 1.86. The van der Waals surface area contributed by atoms with Gasteiger partial charge in [0.05, 0.1) is 0 Å². The summed E-state index contributed by atoms with van der Waals surface area (Å²) < 4.78 is 0. The molecule has 3 nitrogen and oxygen atoms in total. The summed E-state index contributed by atoms with van der Waals surface area (Å²) in [6.07, 6.45) is 0.991. The molecule has 0 fully saturated rings. The number of rotatable bonds is 6. The number of hydrogen-bond donors (Lipinski definition) is 1. The Morgan fingerprint density at radius 1 is 1.17 bits per heavy atom. The van der Waals surface area contributed by atoms with E-state index in [9.17, 15) is 4.79 Å². The summed E-state index contributed by atoms with van der Waals surface area (Å²) in [5.41, 5.74) is 4.66. The van der Waals surface area contributed by atoms with E-state index in [1.807, 2.05) is 38.2 Å². The third-order valence-corrected chi connectivity index (χ3v) is 4.13. The van der Waals surface area contributed by atoms with Crippen molar-refractivity contribution in [2.75, 3.05) is 12.4 Å². The zero-order valence-electron chi connectivity index (χ0n) is 14.5. The Balaban J connectivity index is 1.99. The monoisotopic (exact) mass is 310 g/mol. The van der Waals surface area contributed by atoms with Gasteiger partial charge in [0.2, 0.25) is 5.91 Å². The normalized spacial score (nSPS) is 11.8. The molecule has 0 aliphatic rings. The Labute approximate surface area is 139 Å². The van der Waals surface area contributed by atoms with Gasteiger partial charge in [-0.3, -0.25) is 4.79 Å². The molecule has 0 saturated heterocycles. The highest BCUT2D eigenvalue weighted by molar-refractivity contribution is 5.84. The van der Waals surface area contributed by atoms with E-state index in [-0.39, 0.29) is 11.9 Å². The first kappa shape index (κ1) is 17.1. The van der Waals surface area contributed by atoms with Crippen molar-refractivity contribution >= 4 is 11.6 Å². The first-order chi connectivity index (χ1) is 11.0. The van der Waals surface area contributed by atoms with Gasteiger partial charge >= 0.3 is 0 Å². The quantitative estimate of drug-likeness (QED) is 0.874. The van der Waals surface area contributed by atoms with E-state index in [4.69, 9.17) is 0 Å². The van der Waals surface area contributed by atoms with Crippen LogP contribution >= 0.6 is 0 Å². The fraction of sp³-hybridized carbons (Fsp3) is 0.350. The summed E-state index contributed by atoms with van der Waals surface area (Å²) in [6, 6.07) is 16.2. The highest BCUT2D eigenvalue weighted by Gasteiger charge is 2.18. The number of carbonyl (C=O) groups is 1. The van der Waals surface area contributed by atoms with E-state index in [1.165, 1.54) is 16.7 Å². The molecule has 0 aliphatic carbocycles. The predicted molar refractivity (Wildman–Crippen MR) is 96.6 cm³/mol. The molecule has 0 spiro atoms. The molecular weight excluding hydrogens is 284 g/mol. The molecule has 0 radical (unpaired) electrons. The van der Waals surface area contributed by atoms with Crippen LogP contribution in [0.15, 0.2) is 48.5 Å². The van der Waals surface area contributed by atoms with E-state index in [1.54, 1.807) is 4.90 Å². The molecule has 2 rings (SSSR count). The first-order valence-electron chi connectivity index (χ1n) is 8.16. The van der Waals surface area contributed by atoms with Gasteiger partial charge in [0.15, 0.2) is 0 Å². The van der Waals surface area contributed by atoms with Crippen LogP contribution in [0.5, 0.6) is 0 Å². The van der Waals surface area contributed by atoms with Crippen molar-refractivity contribution in [2.24, 2.45) is 0 Å². The molecule has 0 saturated carbocycles. The summed E-state index contributed by atoms with van der Waals surface area (Å²) >= 11 is 0. The zero-order chi connectivity index (χ0) is 16.8. The highest BCUT2D eigenvalue weighted by Crippen LogP contribution is 2.14. The van der Waals surface area contributed by atoms with Gasteiger partial charge in [-0.15, -0.1) is 0 Å². The van der Waals surface area contributed by atoms with Gasteiger partial charge < -0.3 is 10.2 Å². The Kier molecular flexibility index (Phi) is 5.80.